The summed E-state index contributed by atoms with van der Waals surface area (Å²) in [5.41, 5.74) is -2.59. The monoisotopic (exact) mass is 254 g/mol. The van der Waals surface area contributed by atoms with Crippen LogP contribution in [-0.2, 0) is 9.53 Å². The largest absolute Gasteiger partial charge is 0.421 e. The zero-order valence-electron chi connectivity index (χ0n) is 8.47. The summed E-state index contributed by atoms with van der Waals surface area (Å²) < 4.78 is 43.4. The van der Waals surface area contributed by atoms with E-state index in [1.165, 1.54) is 18.2 Å². The van der Waals surface area contributed by atoms with Gasteiger partial charge in [-0.2, -0.15) is 13.2 Å². The summed E-state index contributed by atoms with van der Waals surface area (Å²) in [4.78, 5) is 10.7. The minimum Gasteiger partial charge on any atom is -0.364 e. The Morgan fingerprint density at radius 3 is 2.69 bits per heavy atom. The number of methoxy groups -OCH3 is 1. The number of allylic oxidation sites excluding steroid dienone is 2. The van der Waals surface area contributed by atoms with Gasteiger partial charge in [-0.05, 0) is 17.2 Å². The Hall–Kier alpha value is -0.810. The van der Waals surface area contributed by atoms with Crippen molar-refractivity contribution in [2.45, 2.75) is 24.6 Å². The average molecular weight is 255 g/mol. The Labute approximate surface area is 95.7 Å². The van der Waals surface area contributed by atoms with Crippen molar-refractivity contribution in [1.29, 1.82) is 0 Å². The fourth-order valence-corrected chi connectivity index (χ4v) is 1.81. The molecule has 0 aromatic rings. The normalized spacial score (nSPS) is 25.4. The predicted octanol–water partition coefficient (Wildman–Crippen LogP) is 2.98. The molecular formula is C10H10ClF3O2. The number of hydrogen-bond donors (Lipinski definition) is 0. The quantitative estimate of drug-likeness (QED) is 0.724. The first-order valence-corrected chi connectivity index (χ1v) is 4.87. The molecule has 0 aromatic heterocycles. The lowest BCUT2D eigenvalue weighted by Gasteiger charge is -2.36. The fourth-order valence-electron chi connectivity index (χ4n) is 1.66. The smallest absolute Gasteiger partial charge is 0.364 e. The van der Waals surface area contributed by atoms with E-state index in [0.717, 1.165) is 7.11 Å². The number of hydrogen-bond acceptors (Lipinski definition) is 2. The highest BCUT2D eigenvalue weighted by Gasteiger charge is 2.57. The Kier molecular flexibility index (Phi) is 3.80. The van der Waals surface area contributed by atoms with Gasteiger partial charge in [-0.15, -0.1) is 0 Å². The molecule has 6 heteroatoms. The van der Waals surface area contributed by atoms with Crippen molar-refractivity contribution in [3.63, 3.8) is 0 Å². The van der Waals surface area contributed by atoms with Gasteiger partial charge in [0, 0.05) is 20.0 Å². The molecule has 0 radical (unpaired) electrons. The van der Waals surface area contributed by atoms with E-state index in [9.17, 15) is 18.0 Å². The predicted molar refractivity (Wildman–Crippen MR) is 53.1 cm³/mol. The van der Waals surface area contributed by atoms with E-state index in [-0.39, 0.29) is 12.0 Å². The number of ether oxygens (including phenoxy) is 1. The van der Waals surface area contributed by atoms with Gasteiger partial charge in [-0.1, -0.05) is 18.2 Å². The van der Waals surface area contributed by atoms with E-state index in [1.807, 2.05) is 0 Å². The second kappa shape index (κ2) is 4.59. The van der Waals surface area contributed by atoms with Gasteiger partial charge in [0.1, 0.15) is 0 Å². The van der Waals surface area contributed by atoms with Crippen LogP contribution in [0.2, 0.25) is 0 Å². The minimum absolute atomic E-state index is 0.162. The van der Waals surface area contributed by atoms with Gasteiger partial charge in [-0.3, -0.25) is 4.79 Å². The van der Waals surface area contributed by atoms with E-state index in [1.54, 1.807) is 0 Å². The summed E-state index contributed by atoms with van der Waals surface area (Å²) >= 11 is 5.12. The highest BCUT2D eigenvalue weighted by Crippen LogP contribution is 2.44. The molecule has 0 unspecified atom stereocenters. The van der Waals surface area contributed by atoms with Crippen molar-refractivity contribution < 1.29 is 22.7 Å². The van der Waals surface area contributed by atoms with Crippen LogP contribution in [-0.4, -0.2) is 24.1 Å². The molecule has 0 saturated carbocycles. The second-order valence-electron chi connectivity index (χ2n) is 3.38. The first-order chi connectivity index (χ1) is 7.33. The molecule has 0 aliphatic heterocycles. The van der Waals surface area contributed by atoms with Crippen LogP contribution < -0.4 is 0 Å². The highest BCUT2D eigenvalue weighted by molar-refractivity contribution is 6.63. The number of rotatable bonds is 3. The van der Waals surface area contributed by atoms with Crippen LogP contribution in [0.4, 0.5) is 13.2 Å². The lowest BCUT2D eigenvalue weighted by atomic mass is 9.84. The Bertz CT molecular complexity index is 346. The van der Waals surface area contributed by atoms with E-state index in [4.69, 9.17) is 11.6 Å². The first-order valence-electron chi connectivity index (χ1n) is 4.50. The summed E-state index contributed by atoms with van der Waals surface area (Å²) in [6.45, 7) is 0. The molecule has 0 N–H and O–H groups in total. The molecule has 0 heterocycles. The van der Waals surface area contributed by atoms with Crippen LogP contribution in [0.5, 0.6) is 0 Å². The van der Waals surface area contributed by atoms with Crippen LogP contribution in [0, 0.1) is 0 Å². The zero-order valence-corrected chi connectivity index (χ0v) is 9.23. The lowest BCUT2D eigenvalue weighted by Crippen LogP contribution is -2.49. The van der Waals surface area contributed by atoms with Crippen molar-refractivity contribution in [2.24, 2.45) is 0 Å². The molecule has 0 spiro atoms. The molecular weight excluding hydrogens is 245 g/mol. The van der Waals surface area contributed by atoms with E-state index < -0.39 is 23.4 Å². The zero-order chi connectivity index (χ0) is 12.4. The van der Waals surface area contributed by atoms with Crippen molar-refractivity contribution >= 4 is 16.8 Å². The van der Waals surface area contributed by atoms with Gasteiger partial charge >= 0.3 is 6.18 Å². The van der Waals surface area contributed by atoms with E-state index in [2.05, 4.69) is 4.74 Å². The summed E-state index contributed by atoms with van der Waals surface area (Å²) in [6.07, 6.45) is -1.37. The fraction of sp³-hybridized carbons (Fsp3) is 0.500. The van der Waals surface area contributed by atoms with Crippen molar-refractivity contribution in [1.82, 2.24) is 0 Å². The molecule has 16 heavy (non-hydrogen) atoms. The molecule has 0 fully saturated rings. The number of halogens is 4. The molecule has 1 rings (SSSR count). The third-order valence-electron chi connectivity index (χ3n) is 2.49. The third-order valence-corrected chi connectivity index (χ3v) is 2.63. The third kappa shape index (κ3) is 2.30. The van der Waals surface area contributed by atoms with Crippen molar-refractivity contribution in [3.8, 4) is 0 Å². The Morgan fingerprint density at radius 1 is 1.62 bits per heavy atom. The van der Waals surface area contributed by atoms with Gasteiger partial charge < -0.3 is 4.74 Å². The SMILES string of the molecule is CO[C@@]1(C(F)(F)F)CC=CC=C1CC(=O)Cl. The number of carbonyl (C=O) groups excluding carboxylic acids is 1. The van der Waals surface area contributed by atoms with Crippen LogP contribution in [0.1, 0.15) is 12.8 Å². The number of alkyl halides is 3. The topological polar surface area (TPSA) is 26.3 Å². The second-order valence-corrected chi connectivity index (χ2v) is 3.81. The molecule has 90 valence electrons. The van der Waals surface area contributed by atoms with E-state index >= 15 is 0 Å². The van der Waals surface area contributed by atoms with Crippen LogP contribution >= 0.6 is 11.6 Å². The lowest BCUT2D eigenvalue weighted by molar-refractivity contribution is -0.253. The Morgan fingerprint density at radius 2 is 2.25 bits per heavy atom. The Balaban J connectivity index is 3.13. The van der Waals surface area contributed by atoms with Gasteiger partial charge in [0.25, 0.3) is 0 Å². The molecule has 0 bridgehead atoms. The van der Waals surface area contributed by atoms with Crippen LogP contribution in [0.3, 0.4) is 0 Å². The van der Waals surface area contributed by atoms with Gasteiger partial charge in [-0.25, -0.2) is 0 Å². The average Bonchev–Trinajstić information content (AvgIpc) is 2.16. The summed E-state index contributed by atoms with van der Waals surface area (Å²) in [7, 11) is 0.971. The highest BCUT2D eigenvalue weighted by atomic mass is 35.5. The summed E-state index contributed by atoms with van der Waals surface area (Å²) in [5, 5.41) is -0.841. The first kappa shape index (κ1) is 13.3. The maximum absolute atomic E-state index is 12.9. The molecule has 1 aliphatic rings. The van der Waals surface area contributed by atoms with Crippen LogP contribution in [0.25, 0.3) is 0 Å². The van der Waals surface area contributed by atoms with E-state index in [0.29, 0.717) is 0 Å². The van der Waals surface area contributed by atoms with Crippen LogP contribution in [0.15, 0.2) is 23.8 Å². The van der Waals surface area contributed by atoms with Gasteiger partial charge in [0.05, 0.1) is 0 Å². The van der Waals surface area contributed by atoms with Gasteiger partial charge in [0.15, 0.2) is 5.60 Å². The minimum atomic E-state index is -4.58. The van der Waals surface area contributed by atoms with Crippen molar-refractivity contribution in [3.05, 3.63) is 23.8 Å². The molecule has 0 amide bonds. The van der Waals surface area contributed by atoms with Gasteiger partial charge in [0.2, 0.25) is 5.24 Å². The molecule has 2 nitrogen and oxygen atoms in total. The maximum Gasteiger partial charge on any atom is 0.421 e. The molecule has 1 aliphatic carbocycles. The molecule has 0 saturated heterocycles. The summed E-state index contributed by atoms with van der Waals surface area (Å²) in [6, 6.07) is 0. The summed E-state index contributed by atoms with van der Waals surface area (Å²) in [5.74, 6) is 0. The molecule has 1 atom stereocenters. The standard InChI is InChI=1S/C10H10ClF3O2/c1-16-9(10(12,13)14)5-3-2-4-7(9)6-8(11)15/h2-4H,5-6H2,1H3/t9-/m0/s1. The van der Waals surface area contributed by atoms with Crippen molar-refractivity contribution in [2.75, 3.05) is 7.11 Å². The number of carbonyl (C=O) groups is 1. The maximum atomic E-state index is 12.9. The molecule has 0 aromatic carbocycles.